The average molecular weight is 447 g/mol. The van der Waals surface area contributed by atoms with E-state index in [2.05, 4.69) is 0 Å². The van der Waals surface area contributed by atoms with Crippen molar-refractivity contribution in [1.29, 1.82) is 0 Å². The topological polar surface area (TPSA) is 116 Å². The van der Waals surface area contributed by atoms with Crippen LogP contribution in [0.3, 0.4) is 0 Å². The van der Waals surface area contributed by atoms with Crippen molar-refractivity contribution in [1.82, 2.24) is 4.31 Å². The minimum Gasteiger partial charge on any atom is -0.495 e. The summed E-state index contributed by atoms with van der Waals surface area (Å²) in [4.78, 5) is 24.5. The van der Waals surface area contributed by atoms with Crippen molar-refractivity contribution in [2.75, 3.05) is 13.7 Å². The summed E-state index contributed by atoms with van der Waals surface area (Å²) in [5.41, 5.74) is 5.81. The third-order valence-corrected chi connectivity index (χ3v) is 7.35. The fraction of sp³-hybridized carbons (Fsp3) is 0.364. The quantitative estimate of drug-likeness (QED) is 0.654. The fourth-order valence-corrected chi connectivity index (χ4v) is 5.54. The van der Waals surface area contributed by atoms with E-state index >= 15 is 0 Å². The molecule has 9 heteroatoms. The molecule has 3 rings (SSSR count). The molecule has 0 aromatic heterocycles. The maximum Gasteiger partial charge on any atom is 0.339 e. The summed E-state index contributed by atoms with van der Waals surface area (Å²) in [6, 6.07) is 12.2. The van der Waals surface area contributed by atoms with E-state index in [1.807, 2.05) is 6.92 Å². The van der Waals surface area contributed by atoms with E-state index in [0.717, 1.165) is 19.3 Å². The molecular weight excluding hydrogens is 420 g/mol. The summed E-state index contributed by atoms with van der Waals surface area (Å²) in [6.07, 6.45) is 1.20. The molecule has 0 spiro atoms. The molecular formula is C22H26N2O6S. The van der Waals surface area contributed by atoms with E-state index in [1.165, 1.54) is 29.6 Å². The van der Waals surface area contributed by atoms with Crippen LogP contribution in [0.4, 0.5) is 0 Å². The van der Waals surface area contributed by atoms with Crippen molar-refractivity contribution in [2.45, 2.75) is 43.2 Å². The SMILES string of the molecule is COc1ccc(C(=O)O[C@H](C(N)=O)c2ccccc2)cc1S(=O)(=O)N1CCCC[C@H]1C. The highest BCUT2D eigenvalue weighted by Crippen LogP contribution is 2.32. The molecule has 166 valence electrons. The van der Waals surface area contributed by atoms with E-state index in [0.29, 0.717) is 12.1 Å². The molecule has 1 aliphatic rings. The lowest BCUT2D eigenvalue weighted by Gasteiger charge is -2.32. The summed E-state index contributed by atoms with van der Waals surface area (Å²) >= 11 is 0. The van der Waals surface area contributed by atoms with Crippen LogP contribution in [0.1, 0.15) is 48.2 Å². The summed E-state index contributed by atoms with van der Waals surface area (Å²) in [6.45, 7) is 2.26. The number of nitrogens with two attached hydrogens (primary N) is 1. The van der Waals surface area contributed by atoms with Crippen molar-refractivity contribution >= 4 is 21.9 Å². The van der Waals surface area contributed by atoms with Crippen LogP contribution >= 0.6 is 0 Å². The van der Waals surface area contributed by atoms with Gasteiger partial charge in [-0.25, -0.2) is 13.2 Å². The summed E-state index contributed by atoms with van der Waals surface area (Å²) < 4.78 is 38.7. The number of hydrogen-bond acceptors (Lipinski definition) is 6. The highest BCUT2D eigenvalue weighted by atomic mass is 32.2. The largest absolute Gasteiger partial charge is 0.495 e. The lowest BCUT2D eigenvalue weighted by molar-refractivity contribution is -0.127. The van der Waals surface area contributed by atoms with Crippen molar-refractivity contribution in [3.05, 3.63) is 59.7 Å². The molecule has 2 N–H and O–H groups in total. The standard InChI is InChI=1S/C22H26N2O6S/c1-15-8-6-7-13-24(15)31(27,28)19-14-17(11-12-18(19)29-2)22(26)30-20(21(23)25)16-9-4-3-5-10-16/h3-5,9-12,14-15,20H,6-8,13H2,1-2H3,(H2,23,25)/t15-,20+/m1/s1. The molecule has 2 atom stereocenters. The van der Waals surface area contributed by atoms with Crippen LogP contribution in [0.5, 0.6) is 5.75 Å². The summed E-state index contributed by atoms with van der Waals surface area (Å²) in [7, 11) is -2.53. The first kappa shape index (κ1) is 22.8. The van der Waals surface area contributed by atoms with Gasteiger partial charge >= 0.3 is 5.97 Å². The van der Waals surface area contributed by atoms with Crippen LogP contribution < -0.4 is 10.5 Å². The van der Waals surface area contributed by atoms with Gasteiger partial charge in [-0.1, -0.05) is 36.8 Å². The van der Waals surface area contributed by atoms with E-state index in [1.54, 1.807) is 30.3 Å². The molecule has 0 saturated carbocycles. The van der Waals surface area contributed by atoms with Gasteiger partial charge in [-0.15, -0.1) is 0 Å². The van der Waals surface area contributed by atoms with Gasteiger partial charge < -0.3 is 15.2 Å². The number of nitrogens with zero attached hydrogens (tertiary/aromatic N) is 1. The zero-order valence-corrected chi connectivity index (χ0v) is 18.3. The van der Waals surface area contributed by atoms with E-state index in [9.17, 15) is 18.0 Å². The molecule has 1 amide bonds. The predicted octanol–water partition coefficient (Wildman–Crippen LogP) is 2.64. The number of carbonyl (C=O) groups excluding carboxylic acids is 2. The number of esters is 1. The smallest absolute Gasteiger partial charge is 0.339 e. The predicted molar refractivity (Wildman–Crippen MR) is 114 cm³/mol. The first-order valence-corrected chi connectivity index (χ1v) is 11.4. The molecule has 0 unspecified atom stereocenters. The summed E-state index contributed by atoms with van der Waals surface area (Å²) in [5, 5.41) is 0. The zero-order valence-electron chi connectivity index (χ0n) is 17.5. The first-order chi connectivity index (χ1) is 14.8. The van der Waals surface area contributed by atoms with Gasteiger partial charge in [-0.2, -0.15) is 4.31 Å². The van der Waals surface area contributed by atoms with Crippen LogP contribution in [-0.4, -0.2) is 44.3 Å². The van der Waals surface area contributed by atoms with Gasteiger partial charge in [0.25, 0.3) is 5.91 Å². The number of piperidine rings is 1. The van der Waals surface area contributed by atoms with Gasteiger partial charge in [0.15, 0.2) is 0 Å². The highest BCUT2D eigenvalue weighted by Gasteiger charge is 2.34. The van der Waals surface area contributed by atoms with E-state index in [-0.39, 0.29) is 22.3 Å². The maximum atomic E-state index is 13.3. The Balaban J connectivity index is 1.94. The maximum absolute atomic E-state index is 13.3. The van der Waals surface area contributed by atoms with Gasteiger partial charge in [0.05, 0.1) is 12.7 Å². The number of ether oxygens (including phenoxy) is 2. The molecule has 8 nitrogen and oxygen atoms in total. The molecule has 1 aliphatic heterocycles. The highest BCUT2D eigenvalue weighted by molar-refractivity contribution is 7.89. The minimum absolute atomic E-state index is 0.0220. The lowest BCUT2D eigenvalue weighted by Crippen LogP contribution is -2.42. The first-order valence-electron chi connectivity index (χ1n) is 10.0. The van der Waals surface area contributed by atoms with Crippen molar-refractivity contribution in [3.63, 3.8) is 0 Å². The summed E-state index contributed by atoms with van der Waals surface area (Å²) in [5.74, 6) is -1.56. The normalized spacial score (nSPS) is 18.2. The van der Waals surface area contributed by atoms with Crippen molar-refractivity contribution in [3.8, 4) is 5.75 Å². The van der Waals surface area contributed by atoms with Crippen LogP contribution in [0.25, 0.3) is 0 Å². The van der Waals surface area contributed by atoms with Crippen molar-refractivity contribution in [2.24, 2.45) is 5.73 Å². The molecule has 2 aromatic carbocycles. The Kier molecular flexibility index (Phi) is 6.97. The third-order valence-electron chi connectivity index (χ3n) is 5.31. The Morgan fingerprint density at radius 3 is 2.45 bits per heavy atom. The van der Waals surface area contributed by atoms with Crippen LogP contribution in [0.15, 0.2) is 53.4 Å². The Morgan fingerprint density at radius 1 is 1.13 bits per heavy atom. The van der Waals surface area contributed by atoms with Gasteiger partial charge in [-0.3, -0.25) is 4.79 Å². The van der Waals surface area contributed by atoms with E-state index in [4.69, 9.17) is 15.2 Å². The Hall–Kier alpha value is -2.91. The minimum atomic E-state index is -3.90. The number of benzene rings is 2. The molecule has 2 aromatic rings. The van der Waals surface area contributed by atoms with Crippen LogP contribution in [-0.2, 0) is 19.6 Å². The number of sulfonamides is 1. The zero-order chi connectivity index (χ0) is 22.6. The monoisotopic (exact) mass is 446 g/mol. The number of hydrogen-bond donors (Lipinski definition) is 1. The van der Waals surface area contributed by atoms with Crippen molar-refractivity contribution < 1.29 is 27.5 Å². The van der Waals surface area contributed by atoms with Crippen LogP contribution in [0.2, 0.25) is 0 Å². The number of rotatable bonds is 7. The van der Waals surface area contributed by atoms with Gasteiger partial charge in [0.1, 0.15) is 10.6 Å². The Bertz CT molecular complexity index is 1050. The second kappa shape index (κ2) is 9.49. The third kappa shape index (κ3) is 4.88. The molecule has 0 radical (unpaired) electrons. The lowest BCUT2D eigenvalue weighted by atomic mass is 10.1. The Morgan fingerprint density at radius 2 is 1.84 bits per heavy atom. The number of methoxy groups -OCH3 is 1. The van der Waals surface area contributed by atoms with Gasteiger partial charge in [0.2, 0.25) is 16.1 Å². The van der Waals surface area contributed by atoms with Gasteiger partial charge in [-0.05, 0) is 38.0 Å². The number of amides is 1. The molecule has 31 heavy (non-hydrogen) atoms. The fourth-order valence-electron chi connectivity index (χ4n) is 3.65. The Labute approximate surface area is 182 Å². The van der Waals surface area contributed by atoms with E-state index < -0.39 is 28.0 Å². The second-order valence-corrected chi connectivity index (χ2v) is 9.28. The average Bonchev–Trinajstić information content (AvgIpc) is 2.77. The van der Waals surface area contributed by atoms with Gasteiger partial charge in [0, 0.05) is 18.2 Å². The van der Waals surface area contributed by atoms with Crippen LogP contribution in [0, 0.1) is 0 Å². The molecule has 0 aliphatic carbocycles. The number of primary amides is 1. The molecule has 1 saturated heterocycles. The molecule has 1 fully saturated rings. The number of carbonyl (C=O) groups is 2. The molecule has 1 heterocycles. The molecule has 0 bridgehead atoms. The second-order valence-electron chi connectivity index (χ2n) is 7.42.